The number of hydrogen-bond acceptors (Lipinski definition) is 2. The van der Waals surface area contributed by atoms with Gasteiger partial charge in [0, 0.05) is 15.8 Å². The van der Waals surface area contributed by atoms with Crippen LogP contribution in [0.15, 0.2) is 18.3 Å². The fourth-order valence-corrected chi connectivity index (χ4v) is 1.53. The summed E-state index contributed by atoms with van der Waals surface area (Å²) in [7, 11) is 0. The van der Waals surface area contributed by atoms with Crippen molar-refractivity contribution in [2.24, 2.45) is 0 Å². The maximum Gasteiger partial charge on any atom is 0.417 e. The molecule has 3 nitrogen and oxygen atoms in total. The molecule has 0 aliphatic heterocycles. The maximum absolute atomic E-state index is 12.3. The average molecular weight is 343 g/mol. The molecule has 0 aliphatic rings. The van der Waals surface area contributed by atoms with Gasteiger partial charge in [0.15, 0.2) is 0 Å². The van der Waals surface area contributed by atoms with Crippen LogP contribution in [0.1, 0.15) is 11.3 Å². The Labute approximate surface area is 102 Å². The molecule has 0 bridgehead atoms. The molecule has 1 aromatic rings. The number of aliphatic carboxylic acids is 1. The van der Waals surface area contributed by atoms with Gasteiger partial charge in [0.05, 0.1) is 11.3 Å². The normalized spacial score (nSPS) is 12.0. The molecule has 0 saturated heterocycles. The molecule has 7 heteroatoms. The first-order valence-corrected chi connectivity index (χ1v) is 5.02. The summed E-state index contributed by atoms with van der Waals surface area (Å²) in [5.41, 5.74) is -0.666. The molecule has 16 heavy (non-hydrogen) atoms. The molecule has 0 unspecified atom stereocenters. The van der Waals surface area contributed by atoms with E-state index in [4.69, 9.17) is 5.11 Å². The molecule has 1 aromatic heterocycles. The van der Waals surface area contributed by atoms with Crippen molar-refractivity contribution >= 4 is 34.6 Å². The number of hydrogen-bond donors (Lipinski definition) is 1. The van der Waals surface area contributed by atoms with Crippen molar-refractivity contribution in [3.63, 3.8) is 0 Å². The summed E-state index contributed by atoms with van der Waals surface area (Å²) in [4.78, 5) is 13.8. The lowest BCUT2D eigenvalue weighted by Gasteiger charge is -2.07. The lowest BCUT2D eigenvalue weighted by atomic mass is 10.2. The monoisotopic (exact) mass is 343 g/mol. The minimum atomic E-state index is -4.44. The van der Waals surface area contributed by atoms with Gasteiger partial charge >= 0.3 is 12.1 Å². The first-order valence-electron chi connectivity index (χ1n) is 3.94. The summed E-state index contributed by atoms with van der Waals surface area (Å²) in [5, 5.41) is 8.35. The number of carboxylic acids is 1. The summed E-state index contributed by atoms with van der Waals surface area (Å²) in [5.74, 6) is -1.18. The van der Waals surface area contributed by atoms with E-state index in [0.717, 1.165) is 18.2 Å². The Balaban J connectivity index is 3.05. The number of halogens is 4. The molecule has 86 valence electrons. The molecule has 1 N–H and O–H groups in total. The number of rotatable bonds is 2. The van der Waals surface area contributed by atoms with Crippen molar-refractivity contribution in [3.05, 3.63) is 33.2 Å². The van der Waals surface area contributed by atoms with Crippen LogP contribution in [0.25, 0.3) is 6.08 Å². The summed E-state index contributed by atoms with van der Waals surface area (Å²) < 4.78 is 37.0. The lowest BCUT2D eigenvalue weighted by Crippen LogP contribution is -2.06. The predicted octanol–water partition coefficient (Wildman–Crippen LogP) is 2.80. The van der Waals surface area contributed by atoms with Crippen molar-refractivity contribution in [3.8, 4) is 0 Å². The van der Waals surface area contributed by atoms with Crippen molar-refractivity contribution in [2.75, 3.05) is 0 Å². The van der Waals surface area contributed by atoms with Crippen LogP contribution >= 0.6 is 22.6 Å². The molecule has 0 radical (unpaired) electrons. The highest BCUT2D eigenvalue weighted by Gasteiger charge is 2.31. The van der Waals surface area contributed by atoms with E-state index >= 15 is 0 Å². The van der Waals surface area contributed by atoms with Gasteiger partial charge in [-0.15, -0.1) is 0 Å². The van der Waals surface area contributed by atoms with Gasteiger partial charge in [0.25, 0.3) is 0 Å². The van der Waals surface area contributed by atoms with E-state index in [1.165, 1.54) is 0 Å². The summed E-state index contributed by atoms with van der Waals surface area (Å²) in [6.07, 6.45) is -1.81. The largest absolute Gasteiger partial charge is 0.478 e. The van der Waals surface area contributed by atoms with Crippen LogP contribution in [0.5, 0.6) is 0 Å². The van der Waals surface area contributed by atoms with Crippen LogP contribution in [-0.2, 0) is 11.0 Å². The van der Waals surface area contributed by atoms with Crippen molar-refractivity contribution in [2.45, 2.75) is 6.18 Å². The first-order chi connectivity index (χ1) is 7.30. The first kappa shape index (κ1) is 12.9. The van der Waals surface area contributed by atoms with Crippen LogP contribution in [-0.4, -0.2) is 16.1 Å². The van der Waals surface area contributed by atoms with E-state index in [2.05, 4.69) is 4.98 Å². The van der Waals surface area contributed by atoms with E-state index in [1.54, 1.807) is 22.6 Å². The zero-order valence-electron chi connectivity index (χ0n) is 7.62. The molecule has 0 aromatic carbocycles. The third kappa shape index (κ3) is 3.47. The molecule has 0 atom stereocenters. The van der Waals surface area contributed by atoms with Gasteiger partial charge in [0.1, 0.15) is 0 Å². The molecule has 1 rings (SSSR count). The molecule has 0 spiro atoms. The minimum Gasteiger partial charge on any atom is -0.478 e. The standard InChI is InChI=1S/C9H5F3INO2/c10-9(11,12)5-3-6(13)7(14-4-5)1-2-8(15)16/h1-4H,(H,15,16)/b2-1+. The predicted molar refractivity (Wildman–Crippen MR) is 58.6 cm³/mol. The highest BCUT2D eigenvalue weighted by atomic mass is 127. The molecule has 0 fully saturated rings. The Hall–Kier alpha value is -1.12. The third-order valence-corrected chi connectivity index (χ3v) is 2.44. The highest BCUT2D eigenvalue weighted by Crippen LogP contribution is 2.30. The topological polar surface area (TPSA) is 50.2 Å². The SMILES string of the molecule is O=C(O)/C=C/c1ncc(C(F)(F)F)cc1I. The number of nitrogens with zero attached hydrogens (tertiary/aromatic N) is 1. The second kappa shape index (κ2) is 4.81. The van der Waals surface area contributed by atoms with E-state index < -0.39 is 17.7 Å². The van der Waals surface area contributed by atoms with Gasteiger partial charge in [-0.2, -0.15) is 13.2 Å². The quantitative estimate of drug-likeness (QED) is 0.664. The molecular weight excluding hydrogens is 338 g/mol. The van der Waals surface area contributed by atoms with E-state index in [9.17, 15) is 18.0 Å². The molecule has 0 aliphatic carbocycles. The summed E-state index contributed by atoms with van der Waals surface area (Å²) >= 11 is 1.67. The van der Waals surface area contributed by atoms with Crippen molar-refractivity contribution < 1.29 is 23.1 Å². The Kier molecular flexibility index (Phi) is 3.89. The summed E-state index contributed by atoms with van der Waals surface area (Å²) in [6, 6.07) is 0.912. The number of alkyl halides is 3. The fraction of sp³-hybridized carbons (Fsp3) is 0.111. The van der Waals surface area contributed by atoms with Gasteiger partial charge < -0.3 is 5.11 Å². The average Bonchev–Trinajstić information content (AvgIpc) is 2.14. The Morgan fingerprint density at radius 2 is 2.12 bits per heavy atom. The molecule has 0 saturated carbocycles. The van der Waals surface area contributed by atoms with Crippen LogP contribution < -0.4 is 0 Å². The Morgan fingerprint density at radius 3 is 2.56 bits per heavy atom. The number of carbonyl (C=O) groups is 1. The van der Waals surface area contributed by atoms with Crippen LogP contribution in [0, 0.1) is 3.57 Å². The second-order valence-corrected chi connectivity index (χ2v) is 3.92. The maximum atomic E-state index is 12.3. The van der Waals surface area contributed by atoms with Gasteiger partial charge in [-0.25, -0.2) is 4.79 Å². The van der Waals surface area contributed by atoms with Crippen LogP contribution in [0.3, 0.4) is 0 Å². The third-order valence-electron chi connectivity index (χ3n) is 1.58. The van der Waals surface area contributed by atoms with E-state index in [1.807, 2.05) is 0 Å². The zero-order valence-corrected chi connectivity index (χ0v) is 9.78. The van der Waals surface area contributed by atoms with Crippen molar-refractivity contribution in [1.29, 1.82) is 0 Å². The number of pyridine rings is 1. The molecule has 1 heterocycles. The zero-order chi connectivity index (χ0) is 12.3. The van der Waals surface area contributed by atoms with Crippen molar-refractivity contribution in [1.82, 2.24) is 4.98 Å². The fourth-order valence-electron chi connectivity index (χ4n) is 0.876. The van der Waals surface area contributed by atoms with Crippen LogP contribution in [0.4, 0.5) is 13.2 Å². The van der Waals surface area contributed by atoms with Gasteiger partial charge in [0.2, 0.25) is 0 Å². The smallest absolute Gasteiger partial charge is 0.417 e. The summed E-state index contributed by atoms with van der Waals surface area (Å²) in [6.45, 7) is 0. The van der Waals surface area contributed by atoms with E-state index in [0.29, 0.717) is 6.20 Å². The van der Waals surface area contributed by atoms with Gasteiger partial charge in [-0.3, -0.25) is 4.98 Å². The molecule has 0 amide bonds. The Bertz CT molecular complexity index is 443. The molecular formula is C9H5F3INO2. The highest BCUT2D eigenvalue weighted by molar-refractivity contribution is 14.1. The van der Waals surface area contributed by atoms with E-state index in [-0.39, 0.29) is 9.26 Å². The van der Waals surface area contributed by atoms with Crippen LogP contribution in [0.2, 0.25) is 0 Å². The second-order valence-electron chi connectivity index (χ2n) is 2.76. The van der Waals surface area contributed by atoms with Gasteiger partial charge in [-0.05, 0) is 34.7 Å². The van der Waals surface area contributed by atoms with Gasteiger partial charge in [-0.1, -0.05) is 0 Å². The number of aromatic nitrogens is 1. The Morgan fingerprint density at radius 1 is 1.50 bits per heavy atom. The lowest BCUT2D eigenvalue weighted by molar-refractivity contribution is -0.138. The number of carboxylic acid groups (broad SMARTS) is 1. The minimum absolute atomic E-state index is 0.191.